The van der Waals surface area contributed by atoms with Crippen molar-refractivity contribution < 1.29 is 10.00 Å². The molecule has 0 bridgehead atoms. The molecule has 0 fully saturated rings. The van der Waals surface area contributed by atoms with Crippen LogP contribution in [0.2, 0.25) is 0 Å². The molecular formula is CHN3O. The predicted molar refractivity (Wildman–Crippen MR) is 12.8 cm³/mol. The van der Waals surface area contributed by atoms with Crippen molar-refractivity contribution in [3.63, 3.8) is 0 Å². The quantitative estimate of drug-likeness (QED) is 0.138. The lowest BCUT2D eigenvalue weighted by Gasteiger charge is -1.35. The van der Waals surface area contributed by atoms with Gasteiger partial charge in [0.1, 0.15) is 0 Å². The molecule has 0 aliphatic rings. The van der Waals surface area contributed by atoms with E-state index in [1.54, 1.807) is 0 Å². The third-order valence-corrected chi connectivity index (χ3v) is 0.0894. The largest absolute Gasteiger partial charge is 0.486 e. The lowest BCUT2D eigenvalue weighted by molar-refractivity contribution is 0.00258. The molecule has 5 heavy (non-hydrogen) atoms. The fourth-order valence-corrected chi connectivity index (χ4v) is 0.0200. The maximum atomic E-state index is 7.33. The van der Waals surface area contributed by atoms with Gasteiger partial charge in [-0.1, -0.05) is 0 Å². The second-order valence-corrected chi connectivity index (χ2v) is 0.300. The zero-order valence-corrected chi connectivity index (χ0v) is 2.29. The van der Waals surface area contributed by atoms with Crippen molar-refractivity contribution in [3.05, 3.63) is 5.53 Å². The zero-order valence-electron chi connectivity index (χ0n) is 2.29. The first-order chi connectivity index (χ1) is 2.41. The second kappa shape index (κ2) is 2.89. The highest BCUT2D eigenvalue weighted by molar-refractivity contribution is 5.30. The Hall–Kier alpha value is -1.11. The highest BCUT2D eigenvalue weighted by atomic mass is 16.4. The third kappa shape index (κ3) is 2.89. The van der Waals surface area contributed by atoms with Gasteiger partial charge >= 0.3 is 6.01 Å². The van der Waals surface area contributed by atoms with Crippen LogP contribution in [0, 0.1) is 0 Å². The first kappa shape index (κ1) is 3.89. The van der Waals surface area contributed by atoms with Crippen molar-refractivity contribution >= 4 is 6.01 Å². The van der Waals surface area contributed by atoms with Crippen molar-refractivity contribution in [1.29, 1.82) is 0 Å². The maximum Gasteiger partial charge on any atom is 0.461 e. The standard InChI is InChI=1S/CHN3O/c2-3-1-4-5/h5H. The van der Waals surface area contributed by atoms with Gasteiger partial charge in [0.2, 0.25) is 5.16 Å². The summed E-state index contributed by atoms with van der Waals surface area (Å²) in [7, 11) is 0. The van der Waals surface area contributed by atoms with E-state index in [0.29, 0.717) is 0 Å². The molecule has 0 saturated heterocycles. The van der Waals surface area contributed by atoms with Crippen molar-refractivity contribution in [1.82, 2.24) is 0 Å². The van der Waals surface area contributed by atoms with Crippen LogP contribution >= 0.6 is 0 Å². The van der Waals surface area contributed by atoms with Crippen LogP contribution in [0.4, 0.5) is 0 Å². The Labute approximate surface area is 28.0 Å². The van der Waals surface area contributed by atoms with Gasteiger partial charge in [0.05, 0.1) is 0 Å². The van der Waals surface area contributed by atoms with Gasteiger partial charge in [0.25, 0.3) is 0 Å². The van der Waals surface area contributed by atoms with Crippen LogP contribution in [0.3, 0.4) is 0 Å². The number of nitrogens with zero attached hydrogens (tertiary/aromatic N) is 3. The van der Waals surface area contributed by atoms with Gasteiger partial charge in [-0.2, -0.15) is 0 Å². The van der Waals surface area contributed by atoms with E-state index in [1.807, 2.05) is 0 Å². The summed E-state index contributed by atoms with van der Waals surface area (Å²) in [5.74, 6) is 0. The maximum absolute atomic E-state index is 7.33. The predicted octanol–water partition coefficient (Wildman–Crippen LogP) is -0.221. The van der Waals surface area contributed by atoms with Crippen molar-refractivity contribution in [2.24, 2.45) is 5.16 Å². The van der Waals surface area contributed by atoms with E-state index in [-0.39, 0.29) is 0 Å². The molecule has 0 spiro atoms. The SMILES string of the molecule is [N-]=[N+]=C=NO. The molecule has 1 N–H and O–H groups in total. The first-order valence-corrected chi connectivity index (χ1v) is 0.847. The molecule has 0 aliphatic heterocycles. The Balaban J connectivity index is 3.75. The fraction of sp³-hybridized carbons (Fsp3) is 0. The summed E-state index contributed by atoms with van der Waals surface area (Å²) in [5.41, 5.74) is 7.33. The van der Waals surface area contributed by atoms with E-state index in [0.717, 1.165) is 0 Å². The summed E-state index contributed by atoms with van der Waals surface area (Å²) in [6, 6.07) is 1.47. The molecule has 4 heteroatoms. The normalized spacial score (nSPS) is 4.00. The van der Waals surface area contributed by atoms with Gasteiger partial charge in [0, 0.05) is 0 Å². The lowest BCUT2D eigenvalue weighted by Crippen LogP contribution is -1.48. The summed E-state index contributed by atoms with van der Waals surface area (Å²) in [5, 5.41) is 9.51. The molecule has 0 aromatic heterocycles. The highest BCUT2D eigenvalue weighted by Gasteiger charge is 1.49. The van der Waals surface area contributed by atoms with Crippen LogP contribution in [-0.2, 0) is 0 Å². The molecule has 4 nitrogen and oxygen atoms in total. The molecule has 0 amide bonds. The average molecular weight is 71.0 g/mol. The Morgan fingerprint density at radius 2 is 2.60 bits per heavy atom. The number of hydrogen-bond donors (Lipinski definition) is 1. The average Bonchev–Trinajstić information content (AvgIpc) is 1.41. The third-order valence-electron chi connectivity index (χ3n) is 0.0894. The monoisotopic (exact) mass is 71.0 g/mol. The van der Waals surface area contributed by atoms with Crippen molar-refractivity contribution in [2.75, 3.05) is 0 Å². The molecular weight excluding hydrogens is 70.0 g/mol. The molecule has 0 atom stereocenters. The topological polar surface area (TPSA) is 69.0 Å². The Kier molecular flexibility index (Phi) is 2.25. The summed E-state index contributed by atoms with van der Waals surface area (Å²) in [4.78, 5) is 2.19. The molecule has 26 valence electrons. The minimum atomic E-state index is 1.47. The van der Waals surface area contributed by atoms with Crippen molar-refractivity contribution in [3.8, 4) is 0 Å². The molecule has 0 aromatic rings. The fourth-order valence-electron chi connectivity index (χ4n) is 0.0200. The van der Waals surface area contributed by atoms with E-state index >= 15 is 0 Å². The van der Waals surface area contributed by atoms with Crippen molar-refractivity contribution in [2.45, 2.75) is 0 Å². The Morgan fingerprint density at radius 3 is 2.60 bits per heavy atom. The zero-order chi connectivity index (χ0) is 4.12. The van der Waals surface area contributed by atoms with Gasteiger partial charge in [-0.3, -0.25) is 4.79 Å². The van der Waals surface area contributed by atoms with Crippen LogP contribution < -0.4 is 0 Å². The summed E-state index contributed by atoms with van der Waals surface area (Å²) >= 11 is 0. The lowest BCUT2D eigenvalue weighted by atomic mass is 11.6. The smallest absolute Gasteiger partial charge is 0.461 e. The Morgan fingerprint density at radius 1 is 2.00 bits per heavy atom. The minimum absolute atomic E-state index is 1.47. The molecule has 0 unspecified atom stereocenters. The summed E-state index contributed by atoms with van der Waals surface area (Å²) in [6.07, 6.45) is 0. The molecule has 0 heterocycles. The van der Waals surface area contributed by atoms with Gasteiger partial charge < -0.3 is 10.7 Å². The number of rotatable bonds is 0. The minimum Gasteiger partial charge on any atom is -0.486 e. The van der Waals surface area contributed by atoms with E-state index in [1.165, 1.54) is 6.01 Å². The van der Waals surface area contributed by atoms with E-state index in [4.69, 9.17) is 10.7 Å². The van der Waals surface area contributed by atoms with Crippen LogP contribution in [0.25, 0.3) is 5.53 Å². The second-order valence-electron chi connectivity index (χ2n) is 0.300. The van der Waals surface area contributed by atoms with Gasteiger partial charge in [-0.15, -0.1) is 0 Å². The van der Waals surface area contributed by atoms with E-state index in [2.05, 4.69) is 9.95 Å². The van der Waals surface area contributed by atoms with Gasteiger partial charge in [-0.25, -0.2) is 0 Å². The van der Waals surface area contributed by atoms with Crippen LogP contribution in [-0.4, -0.2) is 16.0 Å². The van der Waals surface area contributed by atoms with Gasteiger partial charge in [0.15, 0.2) is 0 Å². The molecule has 0 radical (unpaired) electrons. The Bertz CT molecular complexity index is 85.1. The first-order valence-electron chi connectivity index (χ1n) is 0.847. The number of hydrogen-bond acceptors (Lipinski definition) is 2. The summed E-state index contributed by atoms with van der Waals surface area (Å²) in [6.45, 7) is 0. The van der Waals surface area contributed by atoms with Crippen LogP contribution in [0.1, 0.15) is 0 Å². The highest BCUT2D eigenvalue weighted by Crippen LogP contribution is 1.28. The molecule has 0 rings (SSSR count). The summed E-state index contributed by atoms with van der Waals surface area (Å²) < 4.78 is 0. The van der Waals surface area contributed by atoms with Crippen LogP contribution in [0.5, 0.6) is 0 Å². The van der Waals surface area contributed by atoms with Gasteiger partial charge in [-0.05, 0) is 0 Å². The van der Waals surface area contributed by atoms with E-state index in [9.17, 15) is 0 Å². The van der Waals surface area contributed by atoms with Crippen LogP contribution in [0.15, 0.2) is 5.16 Å². The van der Waals surface area contributed by atoms with E-state index < -0.39 is 0 Å². The molecule has 0 aliphatic carbocycles. The molecule has 0 saturated carbocycles. The molecule has 0 aromatic carbocycles.